The van der Waals surface area contributed by atoms with E-state index in [0.717, 1.165) is 55.9 Å². The number of aryl methyl sites for hydroxylation is 1. The maximum absolute atomic E-state index is 12.9. The summed E-state index contributed by atoms with van der Waals surface area (Å²) in [6.07, 6.45) is 4.89. The van der Waals surface area contributed by atoms with E-state index in [1.54, 1.807) is 0 Å². The molecular weight excluding hydrogens is 398 g/mol. The number of amides is 1. The molecule has 1 saturated heterocycles. The zero-order chi connectivity index (χ0) is 22.7. The number of piperidine rings is 1. The summed E-state index contributed by atoms with van der Waals surface area (Å²) in [6, 6.07) is 14.2. The number of likely N-dealkylation sites (tertiary alicyclic amines) is 1. The highest BCUT2D eigenvalue weighted by Gasteiger charge is 2.33. The van der Waals surface area contributed by atoms with Crippen LogP contribution in [0.1, 0.15) is 63.6 Å². The van der Waals surface area contributed by atoms with Gasteiger partial charge in [0.15, 0.2) is 0 Å². The average Bonchev–Trinajstić information content (AvgIpc) is 3.15. The summed E-state index contributed by atoms with van der Waals surface area (Å²) in [5, 5.41) is 4.54. The van der Waals surface area contributed by atoms with Gasteiger partial charge in [-0.2, -0.15) is 0 Å². The van der Waals surface area contributed by atoms with Gasteiger partial charge in [-0.3, -0.25) is 14.7 Å². The van der Waals surface area contributed by atoms with Crippen molar-refractivity contribution < 1.29 is 9.21 Å². The van der Waals surface area contributed by atoms with E-state index in [1.165, 1.54) is 10.9 Å². The van der Waals surface area contributed by atoms with E-state index < -0.39 is 5.41 Å². The molecule has 0 aliphatic carbocycles. The van der Waals surface area contributed by atoms with Crippen LogP contribution in [0, 0.1) is 11.3 Å². The molecule has 1 aliphatic heterocycles. The maximum atomic E-state index is 12.9. The van der Waals surface area contributed by atoms with Crippen molar-refractivity contribution >= 4 is 16.9 Å². The van der Waals surface area contributed by atoms with E-state index in [1.807, 2.05) is 51.2 Å². The van der Waals surface area contributed by atoms with Crippen LogP contribution in [0.4, 0.5) is 0 Å². The molecule has 0 radical (unpaired) electrons. The molecule has 0 spiro atoms. The first-order valence-electron chi connectivity index (χ1n) is 11.8. The summed E-state index contributed by atoms with van der Waals surface area (Å²) in [6.45, 7) is 10.9. The second-order valence-corrected chi connectivity index (χ2v) is 9.95. The van der Waals surface area contributed by atoms with E-state index in [4.69, 9.17) is 4.42 Å². The van der Waals surface area contributed by atoms with E-state index in [-0.39, 0.29) is 11.9 Å². The lowest BCUT2D eigenvalue weighted by molar-refractivity contribution is -0.130. The highest BCUT2D eigenvalue weighted by Crippen LogP contribution is 2.33. The molecule has 1 amide bonds. The minimum Gasteiger partial charge on any atom is -0.461 e. The van der Waals surface area contributed by atoms with Crippen LogP contribution in [0.15, 0.2) is 53.1 Å². The lowest BCUT2D eigenvalue weighted by atomic mass is 9.86. The smallest absolute Gasteiger partial charge is 0.225 e. The van der Waals surface area contributed by atoms with Crippen molar-refractivity contribution in [2.75, 3.05) is 13.1 Å². The first-order chi connectivity index (χ1) is 15.4. The van der Waals surface area contributed by atoms with Gasteiger partial charge in [-0.25, -0.2) is 0 Å². The monoisotopic (exact) mass is 433 g/mol. The Morgan fingerprint density at radius 1 is 1.22 bits per heavy atom. The van der Waals surface area contributed by atoms with E-state index in [0.29, 0.717) is 5.92 Å². The molecular formula is C27H35N3O2. The fourth-order valence-corrected chi connectivity index (χ4v) is 4.69. The maximum Gasteiger partial charge on any atom is 0.225 e. The number of para-hydroxylation sites is 1. The average molecular weight is 434 g/mol. The first-order valence-corrected chi connectivity index (χ1v) is 11.8. The first kappa shape index (κ1) is 22.5. The Labute approximate surface area is 191 Å². The number of nitrogens with one attached hydrogen (secondary N) is 1. The predicted molar refractivity (Wildman–Crippen MR) is 128 cm³/mol. The molecule has 1 aromatic carbocycles. The van der Waals surface area contributed by atoms with Gasteiger partial charge >= 0.3 is 0 Å². The van der Waals surface area contributed by atoms with Crippen LogP contribution in [-0.2, 0) is 17.8 Å². The van der Waals surface area contributed by atoms with Crippen molar-refractivity contribution in [1.82, 2.24) is 15.2 Å². The van der Waals surface area contributed by atoms with Crippen LogP contribution in [-0.4, -0.2) is 28.9 Å². The lowest BCUT2D eigenvalue weighted by Crippen LogP contribution is -2.45. The molecule has 1 N–H and O–H groups in total. The fourth-order valence-electron chi connectivity index (χ4n) is 4.69. The van der Waals surface area contributed by atoms with Crippen molar-refractivity contribution in [3.05, 3.63) is 65.7 Å². The van der Waals surface area contributed by atoms with Crippen LogP contribution in [0.25, 0.3) is 11.0 Å². The quantitative estimate of drug-likeness (QED) is 0.557. The Hall–Kier alpha value is -2.66. The third-order valence-electron chi connectivity index (χ3n) is 6.47. The highest BCUT2D eigenvalue weighted by atomic mass is 16.3. The van der Waals surface area contributed by atoms with Gasteiger partial charge in [0.25, 0.3) is 0 Å². The Bertz CT molecular complexity index is 1050. The number of rotatable bonds is 6. The Kier molecular flexibility index (Phi) is 6.66. The Balaban J connectivity index is 1.57. The molecule has 4 rings (SSSR count). The van der Waals surface area contributed by atoms with Gasteiger partial charge in [0, 0.05) is 42.1 Å². The molecule has 170 valence electrons. The van der Waals surface area contributed by atoms with Crippen molar-refractivity contribution in [1.29, 1.82) is 0 Å². The van der Waals surface area contributed by atoms with E-state index in [9.17, 15) is 4.79 Å². The zero-order valence-corrected chi connectivity index (χ0v) is 19.7. The third kappa shape index (κ3) is 4.88. The summed E-state index contributed by atoms with van der Waals surface area (Å²) in [5.74, 6) is 1.46. The number of hydrogen-bond acceptors (Lipinski definition) is 4. The fraction of sp³-hybridized carbons (Fsp3) is 0.481. The van der Waals surface area contributed by atoms with Gasteiger partial charge in [0.2, 0.25) is 5.91 Å². The highest BCUT2D eigenvalue weighted by molar-refractivity contribution is 5.82. The van der Waals surface area contributed by atoms with Crippen molar-refractivity contribution in [2.24, 2.45) is 11.3 Å². The number of pyridine rings is 1. The largest absolute Gasteiger partial charge is 0.461 e. The summed E-state index contributed by atoms with van der Waals surface area (Å²) in [4.78, 5) is 20.0. The van der Waals surface area contributed by atoms with Gasteiger partial charge in [-0.1, -0.05) is 52.0 Å². The summed E-state index contributed by atoms with van der Waals surface area (Å²) in [7, 11) is 0. The number of hydrogen-bond donors (Lipinski definition) is 1. The number of fused-ring (bicyclic) bond motifs is 1. The predicted octanol–water partition coefficient (Wildman–Crippen LogP) is 5.51. The summed E-state index contributed by atoms with van der Waals surface area (Å²) >= 11 is 0. The lowest BCUT2D eigenvalue weighted by Gasteiger charge is -2.38. The molecule has 1 fully saturated rings. The molecule has 3 heterocycles. The standard InChI is InChI=1S/C27H35N3O2/c1-5-23-21(20-12-6-7-14-24(20)32-23)18-30-16-10-11-19(17-30)25(22-13-8-9-15-28-22)29-26(31)27(2,3)4/h6-9,12-15,19,25H,5,10-11,16-18H2,1-4H3,(H,29,31)/t19-,25-/m1/s1. The van der Waals surface area contributed by atoms with E-state index in [2.05, 4.69) is 40.3 Å². The number of aromatic nitrogens is 1. The van der Waals surface area contributed by atoms with Gasteiger partial charge in [-0.15, -0.1) is 0 Å². The van der Waals surface area contributed by atoms with Crippen LogP contribution in [0.2, 0.25) is 0 Å². The van der Waals surface area contributed by atoms with Gasteiger partial charge in [0.05, 0.1) is 11.7 Å². The number of benzene rings is 1. The minimum absolute atomic E-state index is 0.0689. The van der Waals surface area contributed by atoms with Crippen LogP contribution >= 0.6 is 0 Å². The van der Waals surface area contributed by atoms with Gasteiger partial charge in [0.1, 0.15) is 11.3 Å². The Morgan fingerprint density at radius 2 is 2.00 bits per heavy atom. The van der Waals surface area contributed by atoms with Crippen molar-refractivity contribution in [2.45, 2.75) is 59.5 Å². The zero-order valence-electron chi connectivity index (χ0n) is 19.7. The third-order valence-corrected chi connectivity index (χ3v) is 6.47. The van der Waals surface area contributed by atoms with Crippen LogP contribution in [0.3, 0.4) is 0 Å². The van der Waals surface area contributed by atoms with Crippen molar-refractivity contribution in [3.8, 4) is 0 Å². The summed E-state index contributed by atoms with van der Waals surface area (Å²) in [5.41, 5.74) is 2.78. The molecule has 2 atom stereocenters. The molecule has 0 unspecified atom stereocenters. The van der Waals surface area contributed by atoms with Gasteiger partial charge < -0.3 is 9.73 Å². The van der Waals surface area contributed by atoms with Gasteiger partial charge in [-0.05, 0) is 43.5 Å². The topological polar surface area (TPSA) is 58.4 Å². The molecule has 32 heavy (non-hydrogen) atoms. The molecule has 5 heteroatoms. The molecule has 0 saturated carbocycles. The van der Waals surface area contributed by atoms with E-state index >= 15 is 0 Å². The summed E-state index contributed by atoms with van der Waals surface area (Å²) < 4.78 is 6.13. The molecule has 5 nitrogen and oxygen atoms in total. The number of furan rings is 1. The number of carbonyl (C=O) groups is 1. The minimum atomic E-state index is -0.437. The molecule has 2 aromatic heterocycles. The number of nitrogens with zero attached hydrogens (tertiary/aromatic N) is 2. The Morgan fingerprint density at radius 3 is 2.72 bits per heavy atom. The second-order valence-electron chi connectivity index (χ2n) is 9.95. The van der Waals surface area contributed by atoms with Crippen LogP contribution < -0.4 is 5.32 Å². The molecule has 0 bridgehead atoms. The number of carbonyl (C=O) groups excluding carboxylic acids is 1. The molecule has 3 aromatic rings. The second kappa shape index (κ2) is 9.45. The molecule has 1 aliphatic rings. The normalized spacial score (nSPS) is 18.6. The SMILES string of the molecule is CCc1oc2ccccc2c1CN1CCC[C@@H]([C@@H](NC(=O)C(C)(C)C)c2ccccn2)C1. The van der Waals surface area contributed by atoms with Crippen LogP contribution in [0.5, 0.6) is 0 Å². The van der Waals surface area contributed by atoms with Crippen molar-refractivity contribution in [3.63, 3.8) is 0 Å².